The van der Waals surface area contributed by atoms with Crippen molar-refractivity contribution in [3.05, 3.63) is 29.1 Å². The van der Waals surface area contributed by atoms with Gasteiger partial charge < -0.3 is 4.74 Å². The van der Waals surface area contributed by atoms with Crippen molar-refractivity contribution in [1.82, 2.24) is 4.98 Å². The molecule has 0 radical (unpaired) electrons. The summed E-state index contributed by atoms with van der Waals surface area (Å²) in [5.74, 6) is -0.647. The maximum absolute atomic E-state index is 11.1. The van der Waals surface area contributed by atoms with Crippen LogP contribution in [0.1, 0.15) is 26.4 Å². The number of aromatic nitrogens is 1. The number of aldehydes is 1. The summed E-state index contributed by atoms with van der Waals surface area (Å²) in [5, 5.41) is 8.68. The zero-order chi connectivity index (χ0) is 10.6. The van der Waals surface area contributed by atoms with Crippen LogP contribution >= 0.6 is 0 Å². The summed E-state index contributed by atoms with van der Waals surface area (Å²) in [6, 6.07) is 3.02. The first-order valence-corrected chi connectivity index (χ1v) is 3.66. The molecule has 0 saturated carbocycles. The summed E-state index contributed by atoms with van der Waals surface area (Å²) in [6.45, 7) is 0. The Morgan fingerprint density at radius 2 is 2.43 bits per heavy atom. The molecule has 0 bridgehead atoms. The number of nitriles is 1. The van der Waals surface area contributed by atoms with Crippen molar-refractivity contribution in [2.24, 2.45) is 0 Å². The van der Waals surface area contributed by atoms with Gasteiger partial charge in [0.25, 0.3) is 0 Å². The van der Waals surface area contributed by atoms with Gasteiger partial charge in [-0.05, 0) is 6.07 Å². The Kier molecular flexibility index (Phi) is 2.92. The van der Waals surface area contributed by atoms with E-state index in [1.165, 1.54) is 13.2 Å². The number of carbonyl (C=O) groups is 2. The Balaban J connectivity index is 3.26. The van der Waals surface area contributed by atoms with Crippen LogP contribution in [0.15, 0.2) is 12.3 Å². The molecule has 0 aromatic carbocycles. The van der Waals surface area contributed by atoms with Crippen LogP contribution in [0, 0.1) is 11.3 Å². The van der Waals surface area contributed by atoms with Crippen molar-refractivity contribution in [2.75, 3.05) is 7.11 Å². The third kappa shape index (κ3) is 1.75. The van der Waals surface area contributed by atoms with E-state index in [4.69, 9.17) is 5.26 Å². The standard InChI is InChI=1S/C9H6N2O3/c1-14-9(13)8-4-11-7(5-12)2-6(8)3-10/h2,4-5H,1H3. The van der Waals surface area contributed by atoms with E-state index >= 15 is 0 Å². The molecule has 14 heavy (non-hydrogen) atoms. The summed E-state index contributed by atoms with van der Waals surface area (Å²) < 4.78 is 4.43. The molecule has 1 heterocycles. The normalized spacial score (nSPS) is 8.86. The second-order valence-corrected chi connectivity index (χ2v) is 2.38. The van der Waals surface area contributed by atoms with Crippen LogP contribution in [0.25, 0.3) is 0 Å². The number of rotatable bonds is 2. The van der Waals surface area contributed by atoms with Crippen LogP contribution in [0.3, 0.4) is 0 Å². The number of methoxy groups -OCH3 is 1. The zero-order valence-electron chi connectivity index (χ0n) is 7.35. The minimum atomic E-state index is -0.647. The molecule has 0 aliphatic heterocycles. The van der Waals surface area contributed by atoms with Crippen molar-refractivity contribution in [3.8, 4) is 6.07 Å². The summed E-state index contributed by atoms with van der Waals surface area (Å²) in [4.78, 5) is 25.1. The minimum Gasteiger partial charge on any atom is -0.465 e. The smallest absolute Gasteiger partial charge is 0.340 e. The number of pyridine rings is 1. The second kappa shape index (κ2) is 4.14. The molecule has 1 aromatic heterocycles. The Hall–Kier alpha value is -2.22. The highest BCUT2D eigenvalue weighted by molar-refractivity contribution is 5.92. The lowest BCUT2D eigenvalue weighted by Gasteiger charge is -2.00. The summed E-state index contributed by atoms with van der Waals surface area (Å²) >= 11 is 0. The number of hydrogen-bond donors (Lipinski definition) is 0. The first-order valence-electron chi connectivity index (χ1n) is 3.66. The van der Waals surface area contributed by atoms with Gasteiger partial charge in [0.15, 0.2) is 6.29 Å². The van der Waals surface area contributed by atoms with Crippen molar-refractivity contribution >= 4 is 12.3 Å². The largest absolute Gasteiger partial charge is 0.465 e. The number of esters is 1. The number of ether oxygens (including phenoxy) is 1. The SMILES string of the molecule is COC(=O)c1cnc(C=O)cc1C#N. The van der Waals surface area contributed by atoms with Gasteiger partial charge in [0.05, 0.1) is 18.2 Å². The van der Waals surface area contributed by atoms with E-state index in [1.54, 1.807) is 6.07 Å². The van der Waals surface area contributed by atoms with E-state index in [2.05, 4.69) is 9.72 Å². The van der Waals surface area contributed by atoms with Gasteiger partial charge in [0.1, 0.15) is 11.8 Å². The first kappa shape index (κ1) is 9.86. The molecule has 0 saturated heterocycles. The monoisotopic (exact) mass is 190 g/mol. The molecule has 0 aliphatic carbocycles. The lowest BCUT2D eigenvalue weighted by molar-refractivity contribution is 0.0599. The van der Waals surface area contributed by atoms with Gasteiger partial charge in [0, 0.05) is 6.20 Å². The summed E-state index contributed by atoms with van der Waals surface area (Å²) in [5.41, 5.74) is 0.240. The molecular formula is C9H6N2O3. The molecule has 5 nitrogen and oxygen atoms in total. The quantitative estimate of drug-likeness (QED) is 0.502. The molecule has 0 atom stereocenters. The predicted octanol–water partition coefficient (Wildman–Crippen LogP) is 0.552. The van der Waals surface area contributed by atoms with Crippen molar-refractivity contribution in [1.29, 1.82) is 5.26 Å². The first-order chi connectivity index (χ1) is 6.72. The van der Waals surface area contributed by atoms with Gasteiger partial charge >= 0.3 is 5.97 Å². The fraction of sp³-hybridized carbons (Fsp3) is 0.111. The highest BCUT2D eigenvalue weighted by atomic mass is 16.5. The van der Waals surface area contributed by atoms with E-state index in [0.717, 1.165) is 6.20 Å². The van der Waals surface area contributed by atoms with Gasteiger partial charge in [0.2, 0.25) is 0 Å². The van der Waals surface area contributed by atoms with Crippen LogP contribution in [0.5, 0.6) is 0 Å². The Morgan fingerprint density at radius 3 is 2.93 bits per heavy atom. The molecule has 5 heteroatoms. The molecule has 70 valence electrons. The van der Waals surface area contributed by atoms with Gasteiger partial charge in [-0.25, -0.2) is 4.79 Å². The van der Waals surface area contributed by atoms with Crippen LogP contribution in [0.4, 0.5) is 0 Å². The molecule has 0 spiro atoms. The van der Waals surface area contributed by atoms with E-state index < -0.39 is 5.97 Å². The predicted molar refractivity (Wildman–Crippen MR) is 45.7 cm³/mol. The van der Waals surface area contributed by atoms with E-state index in [1.807, 2.05) is 0 Å². The van der Waals surface area contributed by atoms with Crippen molar-refractivity contribution in [2.45, 2.75) is 0 Å². The second-order valence-electron chi connectivity index (χ2n) is 2.38. The number of hydrogen-bond acceptors (Lipinski definition) is 5. The Labute approximate surface area is 79.9 Å². The van der Waals surface area contributed by atoms with Crippen LogP contribution in [0.2, 0.25) is 0 Å². The fourth-order valence-corrected chi connectivity index (χ4v) is 0.901. The average molecular weight is 190 g/mol. The summed E-state index contributed by atoms with van der Waals surface area (Å²) in [6.07, 6.45) is 1.65. The van der Waals surface area contributed by atoms with Gasteiger partial charge in [-0.3, -0.25) is 9.78 Å². The summed E-state index contributed by atoms with van der Waals surface area (Å²) in [7, 11) is 1.21. The molecule has 0 unspecified atom stereocenters. The molecular weight excluding hydrogens is 184 g/mol. The molecule has 0 aliphatic rings. The third-order valence-electron chi connectivity index (χ3n) is 1.57. The average Bonchev–Trinajstić information content (AvgIpc) is 2.27. The third-order valence-corrected chi connectivity index (χ3v) is 1.57. The highest BCUT2D eigenvalue weighted by Gasteiger charge is 2.12. The fourth-order valence-electron chi connectivity index (χ4n) is 0.901. The van der Waals surface area contributed by atoms with Crippen LogP contribution in [-0.4, -0.2) is 24.3 Å². The van der Waals surface area contributed by atoms with Gasteiger partial charge in [-0.2, -0.15) is 5.26 Å². The molecule has 0 fully saturated rings. The highest BCUT2D eigenvalue weighted by Crippen LogP contribution is 2.08. The van der Waals surface area contributed by atoms with Crippen LogP contribution in [-0.2, 0) is 4.74 Å². The molecule has 1 rings (SSSR count). The van der Waals surface area contributed by atoms with Crippen molar-refractivity contribution in [3.63, 3.8) is 0 Å². The van der Waals surface area contributed by atoms with E-state index in [9.17, 15) is 9.59 Å². The Bertz CT molecular complexity index is 421. The molecule has 1 aromatic rings. The minimum absolute atomic E-state index is 0.0561. The molecule has 0 amide bonds. The lowest BCUT2D eigenvalue weighted by Crippen LogP contribution is -2.06. The van der Waals surface area contributed by atoms with Gasteiger partial charge in [-0.15, -0.1) is 0 Å². The maximum Gasteiger partial charge on any atom is 0.340 e. The maximum atomic E-state index is 11.1. The number of nitrogens with zero attached hydrogens (tertiary/aromatic N) is 2. The topological polar surface area (TPSA) is 80.0 Å². The molecule has 0 N–H and O–H groups in total. The lowest BCUT2D eigenvalue weighted by atomic mass is 10.1. The van der Waals surface area contributed by atoms with Crippen molar-refractivity contribution < 1.29 is 14.3 Å². The zero-order valence-corrected chi connectivity index (χ0v) is 7.35. The van der Waals surface area contributed by atoms with Gasteiger partial charge in [-0.1, -0.05) is 0 Å². The van der Waals surface area contributed by atoms with E-state index in [0.29, 0.717) is 6.29 Å². The Morgan fingerprint density at radius 1 is 1.71 bits per heavy atom. The van der Waals surface area contributed by atoms with Crippen LogP contribution < -0.4 is 0 Å². The van der Waals surface area contributed by atoms with E-state index in [-0.39, 0.29) is 16.8 Å². The number of carbonyl (C=O) groups excluding carboxylic acids is 2.